The Hall–Kier alpha value is -2.61. The third kappa shape index (κ3) is 2.69. The third-order valence-corrected chi connectivity index (χ3v) is 3.33. The normalized spacial score (nSPS) is 17.8. The molecule has 5 nitrogen and oxygen atoms in total. The third-order valence-electron chi connectivity index (χ3n) is 3.33. The van der Waals surface area contributed by atoms with Crippen LogP contribution in [0.5, 0.6) is 5.88 Å². The average Bonchev–Trinajstić information content (AvgIpc) is 2.97. The van der Waals surface area contributed by atoms with E-state index in [0.29, 0.717) is 11.4 Å². The van der Waals surface area contributed by atoms with E-state index < -0.39 is 0 Å². The highest BCUT2D eigenvalue weighted by atomic mass is 16.5. The molecule has 2 aromatic rings. The predicted molar refractivity (Wildman–Crippen MR) is 74.4 cm³/mol. The first-order valence-corrected chi connectivity index (χ1v) is 6.53. The molecular formula is C15H14N4O. The van der Waals surface area contributed by atoms with Gasteiger partial charge >= 0.3 is 0 Å². The van der Waals surface area contributed by atoms with Gasteiger partial charge in [-0.3, -0.25) is 4.98 Å². The van der Waals surface area contributed by atoms with Crippen LogP contribution in [0.2, 0.25) is 0 Å². The summed E-state index contributed by atoms with van der Waals surface area (Å²) in [5, 5.41) is 8.73. The van der Waals surface area contributed by atoms with Gasteiger partial charge in [-0.25, -0.2) is 4.98 Å². The van der Waals surface area contributed by atoms with E-state index in [1.54, 1.807) is 24.5 Å². The Kier molecular flexibility index (Phi) is 3.46. The lowest BCUT2D eigenvalue weighted by molar-refractivity contribution is 0.216. The van der Waals surface area contributed by atoms with Crippen molar-refractivity contribution in [2.75, 3.05) is 18.0 Å². The summed E-state index contributed by atoms with van der Waals surface area (Å²) in [6, 6.07) is 9.51. The zero-order chi connectivity index (χ0) is 13.8. The number of ether oxygens (including phenoxy) is 1. The molecule has 0 N–H and O–H groups in total. The molecule has 0 saturated carbocycles. The van der Waals surface area contributed by atoms with Gasteiger partial charge in [-0.1, -0.05) is 0 Å². The molecule has 1 saturated heterocycles. The van der Waals surface area contributed by atoms with Crippen LogP contribution in [0.25, 0.3) is 0 Å². The molecule has 0 radical (unpaired) electrons. The minimum atomic E-state index is 0.128. The Morgan fingerprint density at radius 2 is 2.10 bits per heavy atom. The molecule has 0 bridgehead atoms. The highest BCUT2D eigenvalue weighted by molar-refractivity contribution is 5.45. The van der Waals surface area contributed by atoms with Gasteiger partial charge < -0.3 is 9.64 Å². The van der Waals surface area contributed by atoms with E-state index in [0.717, 1.165) is 19.5 Å². The Bertz CT molecular complexity index is 606. The number of nitriles is 1. The fourth-order valence-corrected chi connectivity index (χ4v) is 2.30. The second-order valence-corrected chi connectivity index (χ2v) is 4.68. The SMILES string of the molecule is N#Cc1ccc(O[C@@H]2CCN(c3ccncc3)C2)nc1. The van der Waals surface area contributed by atoms with Crippen LogP contribution in [-0.4, -0.2) is 29.2 Å². The highest BCUT2D eigenvalue weighted by Gasteiger charge is 2.24. The molecule has 1 aliphatic rings. The molecule has 3 heterocycles. The number of aromatic nitrogens is 2. The van der Waals surface area contributed by atoms with Crippen LogP contribution in [-0.2, 0) is 0 Å². The van der Waals surface area contributed by atoms with Crippen LogP contribution in [0.1, 0.15) is 12.0 Å². The van der Waals surface area contributed by atoms with E-state index >= 15 is 0 Å². The van der Waals surface area contributed by atoms with Gasteiger partial charge in [0.1, 0.15) is 12.2 Å². The van der Waals surface area contributed by atoms with Gasteiger partial charge in [0.05, 0.1) is 12.1 Å². The largest absolute Gasteiger partial charge is 0.472 e. The molecular weight excluding hydrogens is 252 g/mol. The van der Waals surface area contributed by atoms with Crippen molar-refractivity contribution >= 4 is 5.69 Å². The molecule has 0 amide bonds. The van der Waals surface area contributed by atoms with E-state index in [1.807, 2.05) is 18.2 Å². The van der Waals surface area contributed by atoms with Crippen molar-refractivity contribution in [1.29, 1.82) is 5.26 Å². The van der Waals surface area contributed by atoms with Crippen molar-refractivity contribution in [2.24, 2.45) is 0 Å². The summed E-state index contributed by atoms with van der Waals surface area (Å²) in [6.07, 6.45) is 6.22. The minimum absolute atomic E-state index is 0.128. The molecule has 0 spiro atoms. The van der Waals surface area contributed by atoms with E-state index in [1.165, 1.54) is 11.9 Å². The fraction of sp³-hybridized carbons (Fsp3) is 0.267. The summed E-state index contributed by atoms with van der Waals surface area (Å²) in [6.45, 7) is 1.80. The van der Waals surface area contributed by atoms with Crippen molar-refractivity contribution in [1.82, 2.24) is 9.97 Å². The first-order valence-electron chi connectivity index (χ1n) is 6.53. The molecule has 100 valence electrons. The van der Waals surface area contributed by atoms with Gasteiger partial charge in [0.15, 0.2) is 0 Å². The van der Waals surface area contributed by atoms with Crippen LogP contribution >= 0.6 is 0 Å². The lowest BCUT2D eigenvalue weighted by atomic mass is 10.3. The quantitative estimate of drug-likeness (QED) is 0.850. The van der Waals surface area contributed by atoms with E-state index in [2.05, 4.69) is 14.9 Å². The Labute approximate surface area is 117 Å². The maximum Gasteiger partial charge on any atom is 0.213 e. The first kappa shape index (κ1) is 12.4. The maximum absolute atomic E-state index is 8.73. The molecule has 20 heavy (non-hydrogen) atoms. The summed E-state index contributed by atoms with van der Waals surface area (Å²) in [7, 11) is 0. The summed E-state index contributed by atoms with van der Waals surface area (Å²) in [5.74, 6) is 0.575. The molecule has 2 aromatic heterocycles. The first-order chi connectivity index (χ1) is 9.85. The van der Waals surface area contributed by atoms with Crippen LogP contribution in [0.3, 0.4) is 0 Å². The number of nitrogens with zero attached hydrogens (tertiary/aromatic N) is 4. The standard InChI is InChI=1S/C15H14N4O/c16-9-12-1-2-15(18-10-12)20-14-5-8-19(11-14)13-3-6-17-7-4-13/h1-4,6-7,10,14H,5,8,11H2/t14-/m1/s1. The van der Waals surface area contributed by atoms with Gasteiger partial charge in [0, 0.05) is 43.3 Å². The van der Waals surface area contributed by atoms with Crippen LogP contribution in [0, 0.1) is 11.3 Å². The zero-order valence-electron chi connectivity index (χ0n) is 10.9. The van der Waals surface area contributed by atoms with Crippen molar-refractivity contribution in [3.63, 3.8) is 0 Å². The number of pyridine rings is 2. The second kappa shape index (κ2) is 5.57. The minimum Gasteiger partial charge on any atom is -0.472 e. The predicted octanol–water partition coefficient (Wildman–Crippen LogP) is 2.01. The van der Waals surface area contributed by atoms with Gasteiger partial charge in [0.2, 0.25) is 5.88 Å². The summed E-state index contributed by atoms with van der Waals surface area (Å²) >= 11 is 0. The molecule has 0 aromatic carbocycles. The lowest BCUT2D eigenvalue weighted by Gasteiger charge is -2.18. The lowest BCUT2D eigenvalue weighted by Crippen LogP contribution is -2.24. The Morgan fingerprint density at radius 3 is 2.80 bits per heavy atom. The summed E-state index contributed by atoms with van der Waals surface area (Å²) in [4.78, 5) is 10.4. The molecule has 0 aliphatic carbocycles. The van der Waals surface area contributed by atoms with Crippen molar-refractivity contribution < 1.29 is 4.74 Å². The van der Waals surface area contributed by atoms with E-state index in [9.17, 15) is 0 Å². The number of anilines is 1. The van der Waals surface area contributed by atoms with Crippen LogP contribution in [0.15, 0.2) is 42.9 Å². The van der Waals surface area contributed by atoms with Crippen molar-refractivity contribution in [2.45, 2.75) is 12.5 Å². The van der Waals surface area contributed by atoms with Gasteiger partial charge in [-0.2, -0.15) is 5.26 Å². The number of hydrogen-bond donors (Lipinski definition) is 0. The van der Waals surface area contributed by atoms with E-state index in [-0.39, 0.29) is 6.10 Å². The Balaban J connectivity index is 1.61. The smallest absolute Gasteiger partial charge is 0.213 e. The molecule has 1 aliphatic heterocycles. The van der Waals surface area contributed by atoms with Gasteiger partial charge in [0.25, 0.3) is 0 Å². The topological polar surface area (TPSA) is 62.0 Å². The van der Waals surface area contributed by atoms with Gasteiger partial charge in [-0.05, 0) is 18.2 Å². The van der Waals surface area contributed by atoms with E-state index in [4.69, 9.17) is 10.00 Å². The molecule has 3 rings (SSSR count). The Morgan fingerprint density at radius 1 is 1.25 bits per heavy atom. The zero-order valence-corrected chi connectivity index (χ0v) is 10.9. The average molecular weight is 266 g/mol. The van der Waals surface area contributed by atoms with Crippen LogP contribution < -0.4 is 9.64 Å². The second-order valence-electron chi connectivity index (χ2n) is 4.68. The molecule has 0 unspecified atom stereocenters. The monoisotopic (exact) mass is 266 g/mol. The maximum atomic E-state index is 8.73. The van der Waals surface area contributed by atoms with Crippen molar-refractivity contribution in [3.05, 3.63) is 48.4 Å². The highest BCUT2D eigenvalue weighted by Crippen LogP contribution is 2.22. The number of rotatable bonds is 3. The van der Waals surface area contributed by atoms with Crippen molar-refractivity contribution in [3.8, 4) is 11.9 Å². The van der Waals surface area contributed by atoms with Crippen LogP contribution in [0.4, 0.5) is 5.69 Å². The summed E-state index contributed by atoms with van der Waals surface area (Å²) < 4.78 is 5.85. The fourth-order valence-electron chi connectivity index (χ4n) is 2.30. The molecule has 1 atom stereocenters. The summed E-state index contributed by atoms with van der Waals surface area (Å²) in [5.41, 5.74) is 1.71. The number of hydrogen-bond acceptors (Lipinski definition) is 5. The van der Waals surface area contributed by atoms with Gasteiger partial charge in [-0.15, -0.1) is 0 Å². The molecule has 1 fully saturated rings. The molecule has 5 heteroatoms.